The molecule has 0 spiro atoms. The molecule has 0 aliphatic carbocycles. The lowest BCUT2D eigenvalue weighted by Crippen LogP contribution is -2.31. The third-order valence-electron chi connectivity index (χ3n) is 4.33. The van der Waals surface area contributed by atoms with E-state index in [1.165, 1.54) is 0 Å². The lowest BCUT2D eigenvalue weighted by Gasteiger charge is -2.21. The van der Waals surface area contributed by atoms with Crippen LogP contribution in [0.1, 0.15) is 13.8 Å². The van der Waals surface area contributed by atoms with Crippen LogP contribution in [0.15, 0.2) is 4.79 Å². The molecule has 4 N–H and O–H groups in total. The Morgan fingerprint density at radius 1 is 1.48 bits per heavy atom. The van der Waals surface area contributed by atoms with E-state index < -0.39 is 19.4 Å². The molecule has 2 fully saturated rings. The summed E-state index contributed by atoms with van der Waals surface area (Å²) in [6.45, 7) is 3.56. The molecule has 3 aliphatic rings. The van der Waals surface area contributed by atoms with Crippen LogP contribution in [-0.4, -0.2) is 57.8 Å². The first-order valence-corrected chi connectivity index (χ1v) is 9.11. The van der Waals surface area contributed by atoms with E-state index in [0.717, 1.165) is 0 Å². The van der Waals surface area contributed by atoms with Crippen molar-refractivity contribution in [3.05, 3.63) is 20.6 Å². The molecule has 0 radical (unpaired) electrons. The Hall–Kier alpha value is -1.31. The molecule has 5 unspecified atom stereocenters. The number of rotatable bonds is 2. The number of nitrogens with one attached hydrogen (secondary N) is 1. The van der Waals surface area contributed by atoms with Crippen molar-refractivity contribution in [2.24, 2.45) is 0 Å². The predicted octanol–water partition coefficient (Wildman–Crippen LogP) is -0.884. The number of nitrogens with zero attached hydrogens (tertiary/aromatic N) is 1. The fraction of sp³-hybridized carbons (Fsp3) is 0.643. The molecule has 2 saturated heterocycles. The van der Waals surface area contributed by atoms with E-state index in [0.29, 0.717) is 16.5 Å². The van der Waals surface area contributed by atoms with Crippen molar-refractivity contribution in [1.82, 2.24) is 9.97 Å². The first kappa shape index (κ1) is 15.2. The molecule has 124 valence electrons. The Morgan fingerprint density at radius 2 is 2.22 bits per heavy atom. The zero-order chi connectivity index (χ0) is 16.4. The molecular weight excluding hydrogens is 321 g/mol. The van der Waals surface area contributed by atoms with E-state index in [9.17, 15) is 9.90 Å². The van der Waals surface area contributed by atoms with Gasteiger partial charge < -0.3 is 25.1 Å². The Kier molecular flexibility index (Phi) is 3.37. The van der Waals surface area contributed by atoms with Crippen LogP contribution in [0.25, 0.3) is 6.08 Å². The van der Waals surface area contributed by atoms with Crippen molar-refractivity contribution in [2.45, 2.75) is 43.8 Å². The van der Waals surface area contributed by atoms with Gasteiger partial charge in [0.25, 0.3) is 10.6 Å². The summed E-state index contributed by atoms with van der Waals surface area (Å²) in [4.78, 5) is 18.8. The normalized spacial score (nSPS) is 35.9. The Bertz CT molecular complexity index is 836. The summed E-state index contributed by atoms with van der Waals surface area (Å²) in [6.07, 6.45) is 1.52. The second kappa shape index (κ2) is 5.09. The molecule has 4 heterocycles. The maximum absolute atomic E-state index is 12.0. The number of fused-ring (bicyclic) bond motifs is 2. The smallest absolute Gasteiger partial charge is 0.263 e. The summed E-state index contributed by atoms with van der Waals surface area (Å²) in [5.41, 5.74) is 5.46. The van der Waals surface area contributed by atoms with Crippen LogP contribution in [0.5, 0.6) is 0 Å². The molecular formula is C14H19N3O5P+. The monoisotopic (exact) mass is 340 g/mol. The van der Waals surface area contributed by atoms with Crippen LogP contribution in [0.2, 0.25) is 0 Å². The molecule has 4 rings (SSSR count). The van der Waals surface area contributed by atoms with Crippen molar-refractivity contribution in [1.29, 1.82) is 0 Å². The van der Waals surface area contributed by atoms with Crippen molar-refractivity contribution in [3.8, 4) is 0 Å². The number of aromatic amines is 1. The van der Waals surface area contributed by atoms with Crippen LogP contribution in [0.4, 0.5) is 5.95 Å². The van der Waals surface area contributed by atoms with Crippen molar-refractivity contribution in [2.75, 3.05) is 18.5 Å². The molecule has 0 saturated carbocycles. The minimum absolute atomic E-state index is 0.105. The molecule has 1 aromatic rings. The average Bonchev–Trinajstić information content (AvgIpc) is 3.09. The van der Waals surface area contributed by atoms with E-state index in [1.54, 1.807) is 0 Å². The third kappa shape index (κ3) is 2.33. The second-order valence-corrected chi connectivity index (χ2v) is 8.59. The maximum atomic E-state index is 12.0. The third-order valence-corrected chi connectivity index (χ3v) is 6.82. The van der Waals surface area contributed by atoms with Crippen molar-refractivity contribution in [3.63, 3.8) is 0 Å². The van der Waals surface area contributed by atoms with Gasteiger partial charge in [0.05, 0.1) is 6.61 Å². The van der Waals surface area contributed by atoms with Crippen molar-refractivity contribution >= 4 is 19.6 Å². The summed E-state index contributed by atoms with van der Waals surface area (Å²) >= 11 is 0. The number of H-pyrrole nitrogens is 1. The lowest BCUT2D eigenvalue weighted by atomic mass is 10.2. The van der Waals surface area contributed by atoms with Crippen LogP contribution < -0.4 is 16.5 Å². The Labute approximate surface area is 132 Å². The predicted molar refractivity (Wildman–Crippen MR) is 83.6 cm³/mol. The van der Waals surface area contributed by atoms with Crippen molar-refractivity contribution < 1.29 is 19.3 Å². The SMILES string of the molecule is CC1(C)OC2C(CO)OC([P+]3=c4nc(N)[nH]c(=O)c4=CC3)C2O1. The van der Waals surface area contributed by atoms with E-state index in [1.807, 2.05) is 19.9 Å². The highest BCUT2D eigenvalue weighted by Crippen LogP contribution is 2.49. The van der Waals surface area contributed by atoms with Gasteiger partial charge in [0.1, 0.15) is 23.6 Å². The van der Waals surface area contributed by atoms with Gasteiger partial charge in [-0.2, -0.15) is 4.98 Å². The fourth-order valence-corrected chi connectivity index (χ4v) is 6.08. The minimum Gasteiger partial charge on any atom is -0.394 e. The molecule has 23 heavy (non-hydrogen) atoms. The van der Waals surface area contributed by atoms with E-state index in [2.05, 4.69) is 9.97 Å². The number of nitrogen functional groups attached to an aromatic ring is 1. The van der Waals surface area contributed by atoms with Gasteiger partial charge in [0.15, 0.2) is 19.4 Å². The molecule has 0 aromatic carbocycles. The topological polar surface area (TPSA) is 120 Å². The number of nitrogens with two attached hydrogens (primary N) is 1. The summed E-state index contributed by atoms with van der Waals surface area (Å²) in [6, 6.07) is 0. The zero-order valence-corrected chi connectivity index (χ0v) is 13.7. The largest absolute Gasteiger partial charge is 0.394 e. The Morgan fingerprint density at radius 3 is 2.96 bits per heavy atom. The number of aliphatic hydroxyl groups excluding tert-OH is 1. The molecule has 5 atom stereocenters. The average molecular weight is 340 g/mol. The molecule has 3 aliphatic heterocycles. The number of anilines is 1. The standard InChI is InChI=1S/C14H18N3O5P/c1-14(2)21-8-7(5-18)20-12(9(8)22-14)23-4-3-6-10(19)16-13(15)17-11(6)23/h3,7-9,12,18H,4-5H2,1-2H3,(H2-,15,16,17,19)/p+1. The number of ether oxygens (including phenoxy) is 3. The van der Waals surface area contributed by atoms with Crippen LogP contribution in [0.3, 0.4) is 0 Å². The number of hydrogen-bond acceptors (Lipinski definition) is 7. The summed E-state index contributed by atoms with van der Waals surface area (Å²) in [7, 11) is -0.905. The first-order chi connectivity index (χ1) is 10.9. The molecule has 1 aromatic heterocycles. The quantitative estimate of drug-likeness (QED) is 0.598. The van der Waals surface area contributed by atoms with E-state index in [4.69, 9.17) is 19.9 Å². The van der Waals surface area contributed by atoms with Crippen LogP contribution in [-0.2, 0) is 14.2 Å². The van der Waals surface area contributed by atoms with Gasteiger partial charge in [-0.1, -0.05) is 0 Å². The molecule has 0 bridgehead atoms. The molecule has 8 nitrogen and oxygen atoms in total. The van der Waals surface area contributed by atoms with Gasteiger partial charge in [0.2, 0.25) is 11.8 Å². The van der Waals surface area contributed by atoms with Gasteiger partial charge in [-0.25, -0.2) is 0 Å². The Balaban J connectivity index is 1.82. The maximum Gasteiger partial charge on any atom is 0.263 e. The van der Waals surface area contributed by atoms with Gasteiger partial charge >= 0.3 is 0 Å². The van der Waals surface area contributed by atoms with Gasteiger partial charge in [-0.15, -0.1) is 0 Å². The van der Waals surface area contributed by atoms with Crippen LogP contribution in [0, 0.1) is 5.07 Å². The highest BCUT2D eigenvalue weighted by atomic mass is 31.1. The number of aliphatic hydroxyl groups is 1. The number of hydrogen-bond donors (Lipinski definition) is 3. The summed E-state index contributed by atoms with van der Waals surface area (Å²) in [5, 5.41) is 10.8. The van der Waals surface area contributed by atoms with Gasteiger partial charge in [-0.3, -0.25) is 9.78 Å². The first-order valence-electron chi connectivity index (χ1n) is 7.51. The number of aromatic nitrogens is 2. The second-order valence-electron chi connectivity index (χ2n) is 6.36. The minimum atomic E-state index is -0.905. The highest BCUT2D eigenvalue weighted by Gasteiger charge is 2.60. The summed E-state index contributed by atoms with van der Waals surface area (Å²) in [5.74, 6) is -0.888. The van der Waals surface area contributed by atoms with E-state index in [-0.39, 0.29) is 36.2 Å². The molecule has 0 amide bonds. The molecule has 9 heteroatoms. The van der Waals surface area contributed by atoms with Crippen LogP contribution >= 0.6 is 7.55 Å². The summed E-state index contributed by atoms with van der Waals surface area (Å²) < 4.78 is 17.9. The lowest BCUT2D eigenvalue weighted by molar-refractivity contribution is -0.181. The van der Waals surface area contributed by atoms with Gasteiger partial charge in [-0.05, 0) is 19.9 Å². The fourth-order valence-electron chi connectivity index (χ4n) is 3.45. The zero-order valence-electron chi connectivity index (χ0n) is 12.9. The van der Waals surface area contributed by atoms with Gasteiger partial charge in [0, 0.05) is 0 Å². The van der Waals surface area contributed by atoms with E-state index >= 15 is 0 Å². The highest BCUT2D eigenvalue weighted by molar-refractivity contribution is 7.51.